The summed E-state index contributed by atoms with van der Waals surface area (Å²) in [6.45, 7) is 2.44. The Balaban J connectivity index is 1.57. The molecule has 2 N–H and O–H groups in total. The number of fused-ring (bicyclic) bond motifs is 1. The zero-order valence-electron chi connectivity index (χ0n) is 16.6. The van der Waals surface area contributed by atoms with Gasteiger partial charge < -0.3 is 19.5 Å². The Bertz CT molecular complexity index is 1080. The fraction of sp³-hybridized carbons (Fsp3) is 0.368. The van der Waals surface area contributed by atoms with Gasteiger partial charge in [-0.1, -0.05) is 28.7 Å². The van der Waals surface area contributed by atoms with E-state index in [1.165, 1.54) is 22.7 Å². The Morgan fingerprint density at radius 2 is 2.13 bits per heavy atom. The lowest BCUT2D eigenvalue weighted by Crippen LogP contribution is -2.09. The van der Waals surface area contributed by atoms with Crippen LogP contribution in [0.15, 0.2) is 18.5 Å². The van der Waals surface area contributed by atoms with Gasteiger partial charge in [0.1, 0.15) is 10.4 Å². The summed E-state index contributed by atoms with van der Waals surface area (Å²) in [4.78, 5) is 26.3. The van der Waals surface area contributed by atoms with Crippen LogP contribution in [0, 0.1) is 0 Å². The fourth-order valence-electron chi connectivity index (χ4n) is 2.97. The summed E-state index contributed by atoms with van der Waals surface area (Å²) >= 11 is 2.68. The summed E-state index contributed by atoms with van der Waals surface area (Å²) in [5, 5.41) is 7.13. The Morgan fingerprint density at radius 1 is 1.23 bits per heavy atom. The summed E-state index contributed by atoms with van der Waals surface area (Å²) in [6, 6.07) is 0. The quantitative estimate of drug-likeness (QED) is 0.507. The van der Waals surface area contributed by atoms with Crippen molar-refractivity contribution in [3.8, 4) is 5.88 Å². The molecule has 0 saturated heterocycles. The normalized spacial score (nSPS) is 13.9. The molecule has 1 amide bonds. The highest BCUT2D eigenvalue weighted by Crippen LogP contribution is 2.38. The molecule has 4 rings (SSSR count). The van der Waals surface area contributed by atoms with Crippen LogP contribution in [-0.4, -0.2) is 61.4 Å². The van der Waals surface area contributed by atoms with Gasteiger partial charge in [0.2, 0.25) is 5.88 Å². The minimum absolute atomic E-state index is 0.259. The van der Waals surface area contributed by atoms with Gasteiger partial charge in [-0.25, -0.2) is 15.0 Å². The van der Waals surface area contributed by atoms with Gasteiger partial charge in [-0.05, 0) is 12.0 Å². The summed E-state index contributed by atoms with van der Waals surface area (Å²) in [5.74, 6) is 0.172. The van der Waals surface area contributed by atoms with Crippen molar-refractivity contribution >= 4 is 54.6 Å². The molecule has 0 aliphatic carbocycles. The van der Waals surface area contributed by atoms with Gasteiger partial charge in [-0.15, -0.1) is 0 Å². The molecule has 0 saturated carbocycles. The molecule has 0 aromatic carbocycles. The molecule has 158 valence electrons. The maximum Gasteiger partial charge on any atom is 0.269 e. The highest BCUT2D eigenvalue weighted by molar-refractivity contribution is 7.23. The second-order valence-electron chi connectivity index (χ2n) is 6.34. The number of rotatable bonds is 8. The lowest BCUT2D eigenvalue weighted by molar-refractivity contribution is 0.103. The molecule has 3 aromatic heterocycles. The van der Waals surface area contributed by atoms with Crippen LogP contribution < -0.4 is 15.4 Å². The minimum Gasteiger partial charge on any atom is -0.479 e. The van der Waals surface area contributed by atoms with Crippen molar-refractivity contribution < 1.29 is 19.0 Å². The van der Waals surface area contributed by atoms with Crippen molar-refractivity contribution in [1.82, 2.24) is 15.0 Å². The first-order valence-electron chi connectivity index (χ1n) is 9.30. The topological polar surface area (TPSA) is 107 Å². The summed E-state index contributed by atoms with van der Waals surface area (Å²) in [7, 11) is 3.19. The number of carbonyl (C=O) groups excluding carboxylic acids is 1. The van der Waals surface area contributed by atoms with Gasteiger partial charge >= 0.3 is 0 Å². The maximum absolute atomic E-state index is 12.7. The number of nitrogens with one attached hydrogen (secondary N) is 2. The molecule has 30 heavy (non-hydrogen) atoms. The third-order valence-corrected chi connectivity index (χ3v) is 6.38. The molecule has 11 heteroatoms. The highest BCUT2D eigenvalue weighted by Gasteiger charge is 2.20. The van der Waals surface area contributed by atoms with Crippen LogP contribution in [0.2, 0.25) is 0 Å². The molecule has 0 spiro atoms. The Kier molecular flexibility index (Phi) is 6.53. The van der Waals surface area contributed by atoms with E-state index >= 15 is 0 Å². The van der Waals surface area contributed by atoms with Crippen molar-refractivity contribution in [2.24, 2.45) is 0 Å². The van der Waals surface area contributed by atoms with E-state index in [1.807, 2.05) is 0 Å². The largest absolute Gasteiger partial charge is 0.479 e. The number of carbonyl (C=O) groups is 1. The molecule has 4 heterocycles. The summed E-state index contributed by atoms with van der Waals surface area (Å²) in [5.41, 5.74) is 2.79. The van der Waals surface area contributed by atoms with Gasteiger partial charge in [0.15, 0.2) is 10.3 Å². The number of anilines is 2. The SMILES string of the molecule is COCCNc1ncc(C(=O)Nc2nc3c(OC)ncc(C4=CCOCC4)c3s2)s1. The van der Waals surface area contributed by atoms with Gasteiger partial charge in [0.25, 0.3) is 5.91 Å². The first-order valence-corrected chi connectivity index (χ1v) is 10.9. The van der Waals surface area contributed by atoms with Crippen LogP contribution in [0.5, 0.6) is 5.88 Å². The summed E-state index contributed by atoms with van der Waals surface area (Å²) in [6.07, 6.45) is 6.20. The number of thiazole rings is 2. The van der Waals surface area contributed by atoms with Gasteiger partial charge in [-0.3, -0.25) is 10.1 Å². The van der Waals surface area contributed by atoms with Crippen LogP contribution in [0.4, 0.5) is 10.3 Å². The van der Waals surface area contributed by atoms with E-state index in [-0.39, 0.29) is 5.91 Å². The lowest BCUT2D eigenvalue weighted by atomic mass is 10.0. The predicted molar refractivity (Wildman–Crippen MR) is 118 cm³/mol. The molecule has 0 atom stereocenters. The van der Waals surface area contributed by atoms with E-state index in [4.69, 9.17) is 14.2 Å². The number of hydrogen-bond acceptors (Lipinski definition) is 10. The van der Waals surface area contributed by atoms with Crippen LogP contribution in [0.1, 0.15) is 21.7 Å². The second kappa shape index (κ2) is 9.47. The Hall–Kier alpha value is -2.60. The number of pyridine rings is 1. The number of hydrogen-bond donors (Lipinski definition) is 2. The number of methoxy groups -OCH3 is 2. The van der Waals surface area contributed by atoms with Crippen molar-refractivity contribution in [3.05, 3.63) is 28.9 Å². The second-order valence-corrected chi connectivity index (χ2v) is 8.37. The molecule has 1 aliphatic rings. The zero-order valence-corrected chi connectivity index (χ0v) is 18.2. The van der Waals surface area contributed by atoms with E-state index in [0.717, 1.165) is 22.3 Å². The van der Waals surface area contributed by atoms with Gasteiger partial charge in [0.05, 0.1) is 37.8 Å². The smallest absolute Gasteiger partial charge is 0.269 e. The molecule has 0 bridgehead atoms. The molecule has 0 fully saturated rings. The number of nitrogens with zero attached hydrogens (tertiary/aromatic N) is 3. The average molecular weight is 448 g/mol. The van der Waals surface area contributed by atoms with Crippen molar-refractivity contribution in [2.45, 2.75) is 6.42 Å². The van der Waals surface area contributed by atoms with Crippen LogP contribution >= 0.6 is 22.7 Å². The van der Waals surface area contributed by atoms with E-state index in [2.05, 4.69) is 31.7 Å². The summed E-state index contributed by atoms with van der Waals surface area (Å²) < 4.78 is 16.7. The van der Waals surface area contributed by atoms with Gasteiger partial charge in [0, 0.05) is 25.4 Å². The molecule has 0 unspecified atom stereocenters. The van der Waals surface area contributed by atoms with Gasteiger partial charge in [-0.2, -0.15) is 0 Å². The van der Waals surface area contributed by atoms with Crippen LogP contribution in [-0.2, 0) is 9.47 Å². The van der Waals surface area contributed by atoms with Crippen molar-refractivity contribution in [1.29, 1.82) is 0 Å². The number of amides is 1. The first kappa shape index (κ1) is 20.7. The molecular formula is C19H21N5O4S2. The first-order chi connectivity index (χ1) is 14.7. The van der Waals surface area contributed by atoms with Crippen molar-refractivity contribution in [2.75, 3.05) is 51.2 Å². The van der Waals surface area contributed by atoms with Crippen LogP contribution in [0.25, 0.3) is 15.8 Å². The Morgan fingerprint density at radius 3 is 2.90 bits per heavy atom. The molecule has 9 nitrogen and oxygen atoms in total. The lowest BCUT2D eigenvalue weighted by Gasteiger charge is -2.14. The van der Waals surface area contributed by atoms with E-state index in [9.17, 15) is 4.79 Å². The molecule has 1 aliphatic heterocycles. The Labute approximate surface area is 181 Å². The highest BCUT2D eigenvalue weighted by atomic mass is 32.1. The van der Waals surface area contributed by atoms with E-state index < -0.39 is 0 Å². The molecular weight excluding hydrogens is 426 g/mol. The number of ether oxygens (including phenoxy) is 3. The third kappa shape index (κ3) is 4.43. The van der Waals surface area contributed by atoms with E-state index in [0.29, 0.717) is 52.9 Å². The molecule has 3 aromatic rings. The third-order valence-electron chi connectivity index (χ3n) is 4.42. The van der Waals surface area contributed by atoms with Crippen molar-refractivity contribution in [3.63, 3.8) is 0 Å². The van der Waals surface area contributed by atoms with Crippen LogP contribution in [0.3, 0.4) is 0 Å². The fourth-order valence-corrected chi connectivity index (χ4v) is 4.71. The monoisotopic (exact) mass is 447 g/mol. The predicted octanol–water partition coefficient (Wildman–Crippen LogP) is 3.27. The van der Waals surface area contributed by atoms with E-state index in [1.54, 1.807) is 26.6 Å². The molecule has 0 radical (unpaired) electrons. The average Bonchev–Trinajstić information content (AvgIpc) is 3.41. The standard InChI is InChI=1S/C19H21N5O4S2/c1-26-8-5-20-18-22-10-13(29-18)16(25)24-19-23-14-15(30-19)12(9-21-17(14)27-2)11-3-6-28-7-4-11/h3,9-10H,4-8H2,1-2H3,(H,20,22)(H,23,24,25). The maximum atomic E-state index is 12.7. The number of aromatic nitrogens is 3. The zero-order chi connectivity index (χ0) is 20.9. The minimum atomic E-state index is -0.259.